The van der Waals surface area contributed by atoms with Crippen LogP contribution in [0.25, 0.3) is 0 Å². The van der Waals surface area contributed by atoms with Crippen molar-refractivity contribution in [3.8, 4) is 5.75 Å². The summed E-state index contributed by atoms with van der Waals surface area (Å²) in [5.74, 6) is 2.31. The molecule has 1 fully saturated rings. The predicted molar refractivity (Wildman–Crippen MR) is 89.7 cm³/mol. The van der Waals surface area contributed by atoms with Gasteiger partial charge in [-0.3, -0.25) is 4.90 Å². The molecule has 23 heavy (non-hydrogen) atoms. The number of hydrogen-bond acceptors (Lipinski definition) is 4. The second-order valence-electron chi connectivity index (χ2n) is 6.35. The van der Waals surface area contributed by atoms with Crippen LogP contribution in [-0.2, 0) is 0 Å². The molecule has 2 heterocycles. The molecular weight excluding hydrogens is 290 g/mol. The maximum absolute atomic E-state index is 10.3. The first-order chi connectivity index (χ1) is 11.2. The fraction of sp³-hybridized carbons (Fsp3) is 0.500. The molecule has 5 heteroatoms. The molecular formula is C18H25N3O2. The van der Waals surface area contributed by atoms with Gasteiger partial charge in [0.05, 0.1) is 0 Å². The molecule has 0 aliphatic carbocycles. The maximum Gasteiger partial charge on any atom is 0.119 e. The Morgan fingerprint density at radius 1 is 1.48 bits per heavy atom. The molecule has 2 N–H and O–H groups in total. The lowest BCUT2D eigenvalue weighted by Gasteiger charge is -2.33. The van der Waals surface area contributed by atoms with Gasteiger partial charge < -0.3 is 14.8 Å². The molecule has 1 aliphatic heterocycles. The van der Waals surface area contributed by atoms with Crippen LogP contribution in [0.1, 0.15) is 30.1 Å². The fourth-order valence-corrected chi connectivity index (χ4v) is 3.19. The van der Waals surface area contributed by atoms with E-state index >= 15 is 0 Å². The molecule has 2 aromatic rings. The molecule has 5 nitrogen and oxygen atoms in total. The average Bonchev–Trinajstić information content (AvgIpc) is 3.08. The molecule has 0 bridgehead atoms. The highest BCUT2D eigenvalue weighted by Gasteiger charge is 2.24. The number of aliphatic hydroxyl groups excluding tert-OH is 1. The van der Waals surface area contributed by atoms with E-state index in [1.54, 1.807) is 6.20 Å². The fourth-order valence-electron chi connectivity index (χ4n) is 3.19. The van der Waals surface area contributed by atoms with Crippen LogP contribution in [0.15, 0.2) is 36.7 Å². The van der Waals surface area contributed by atoms with Gasteiger partial charge in [0.25, 0.3) is 0 Å². The Morgan fingerprint density at radius 3 is 3.17 bits per heavy atom. The number of ether oxygens (including phenoxy) is 1. The van der Waals surface area contributed by atoms with Crippen molar-refractivity contribution >= 4 is 0 Å². The minimum atomic E-state index is -0.481. The summed E-state index contributed by atoms with van der Waals surface area (Å²) in [5, 5.41) is 10.3. The predicted octanol–water partition coefficient (Wildman–Crippen LogP) is 2.34. The number of nitrogens with zero attached hydrogens (tertiary/aromatic N) is 2. The summed E-state index contributed by atoms with van der Waals surface area (Å²) in [4.78, 5) is 9.88. The Labute approximate surface area is 137 Å². The first-order valence-corrected chi connectivity index (χ1v) is 8.30. The van der Waals surface area contributed by atoms with Crippen LogP contribution in [0.2, 0.25) is 0 Å². The summed E-state index contributed by atoms with van der Waals surface area (Å²) in [7, 11) is 0. The Hall–Kier alpha value is -1.85. The van der Waals surface area contributed by atoms with Gasteiger partial charge in [0, 0.05) is 31.4 Å². The van der Waals surface area contributed by atoms with Crippen LogP contribution in [-0.4, -0.2) is 52.3 Å². The van der Waals surface area contributed by atoms with Crippen LogP contribution in [0.3, 0.4) is 0 Å². The van der Waals surface area contributed by atoms with Crippen LogP contribution in [0.5, 0.6) is 5.75 Å². The van der Waals surface area contributed by atoms with Crippen molar-refractivity contribution in [3.05, 3.63) is 48.0 Å². The van der Waals surface area contributed by atoms with Crippen molar-refractivity contribution in [3.63, 3.8) is 0 Å². The topological polar surface area (TPSA) is 61.4 Å². The standard InChI is InChI=1S/C18H25N3O2/c1-14-4-2-6-17(10-14)23-13-16(22)12-21-9-3-5-15(11-21)18-19-7-8-20-18/h2,4,6-8,10,15-16,22H,3,5,9,11-13H2,1H3,(H,19,20). The summed E-state index contributed by atoms with van der Waals surface area (Å²) >= 11 is 0. The summed E-state index contributed by atoms with van der Waals surface area (Å²) < 4.78 is 5.69. The first-order valence-electron chi connectivity index (χ1n) is 8.30. The number of imidazole rings is 1. The van der Waals surface area contributed by atoms with Gasteiger partial charge in [-0.15, -0.1) is 0 Å². The van der Waals surface area contributed by atoms with E-state index in [2.05, 4.69) is 14.9 Å². The molecule has 0 spiro atoms. The number of hydrogen-bond donors (Lipinski definition) is 2. The average molecular weight is 315 g/mol. The van der Waals surface area contributed by atoms with Gasteiger partial charge in [0.1, 0.15) is 24.3 Å². The molecule has 0 radical (unpaired) electrons. The van der Waals surface area contributed by atoms with Crippen molar-refractivity contribution in [2.24, 2.45) is 0 Å². The zero-order valence-electron chi connectivity index (χ0n) is 13.6. The summed E-state index contributed by atoms with van der Waals surface area (Å²) in [6.45, 7) is 4.97. The quantitative estimate of drug-likeness (QED) is 0.859. The van der Waals surface area contributed by atoms with E-state index in [-0.39, 0.29) is 0 Å². The van der Waals surface area contributed by atoms with E-state index < -0.39 is 6.10 Å². The number of piperidine rings is 1. The number of aliphatic hydroxyl groups is 1. The third-order valence-corrected chi connectivity index (χ3v) is 4.31. The minimum Gasteiger partial charge on any atom is -0.491 e. The highest BCUT2D eigenvalue weighted by Crippen LogP contribution is 2.24. The SMILES string of the molecule is Cc1cccc(OCC(O)CN2CCCC(c3ncc[nH]3)C2)c1. The molecule has 1 aliphatic rings. The summed E-state index contributed by atoms with van der Waals surface area (Å²) in [6, 6.07) is 7.91. The van der Waals surface area contributed by atoms with E-state index in [0.29, 0.717) is 19.1 Å². The molecule has 0 amide bonds. The Balaban J connectivity index is 1.46. The van der Waals surface area contributed by atoms with Gasteiger partial charge in [-0.25, -0.2) is 4.98 Å². The third kappa shape index (κ3) is 4.56. The molecule has 1 aromatic carbocycles. The molecule has 1 saturated heterocycles. The van der Waals surface area contributed by atoms with Crippen molar-refractivity contribution in [1.82, 2.24) is 14.9 Å². The number of likely N-dealkylation sites (tertiary alicyclic amines) is 1. The van der Waals surface area contributed by atoms with Gasteiger partial charge in [-0.2, -0.15) is 0 Å². The molecule has 1 aromatic heterocycles. The smallest absolute Gasteiger partial charge is 0.119 e. The molecule has 3 rings (SSSR count). The van der Waals surface area contributed by atoms with Crippen molar-refractivity contribution in [1.29, 1.82) is 0 Å². The Bertz CT molecular complexity index is 600. The van der Waals surface area contributed by atoms with E-state index in [1.807, 2.05) is 37.4 Å². The zero-order valence-corrected chi connectivity index (χ0v) is 13.6. The largest absolute Gasteiger partial charge is 0.491 e. The number of benzene rings is 1. The number of aryl methyl sites for hydroxylation is 1. The number of aromatic nitrogens is 2. The van der Waals surface area contributed by atoms with Gasteiger partial charge in [-0.05, 0) is 44.0 Å². The van der Waals surface area contributed by atoms with Gasteiger partial charge >= 0.3 is 0 Å². The number of nitrogens with one attached hydrogen (secondary N) is 1. The second kappa shape index (κ2) is 7.62. The maximum atomic E-state index is 10.3. The van der Waals surface area contributed by atoms with Crippen molar-refractivity contribution in [2.45, 2.75) is 31.8 Å². The van der Waals surface area contributed by atoms with Gasteiger partial charge in [0.15, 0.2) is 0 Å². The number of aromatic amines is 1. The first kappa shape index (κ1) is 16.0. The highest BCUT2D eigenvalue weighted by atomic mass is 16.5. The monoisotopic (exact) mass is 315 g/mol. The van der Waals surface area contributed by atoms with Crippen molar-refractivity contribution < 1.29 is 9.84 Å². The van der Waals surface area contributed by atoms with Crippen LogP contribution in [0, 0.1) is 6.92 Å². The molecule has 124 valence electrons. The summed E-state index contributed by atoms with van der Waals surface area (Å²) in [5.41, 5.74) is 1.16. The molecule has 2 unspecified atom stereocenters. The van der Waals surface area contributed by atoms with E-state index in [0.717, 1.165) is 43.1 Å². The number of rotatable bonds is 6. The van der Waals surface area contributed by atoms with Gasteiger partial charge in [-0.1, -0.05) is 12.1 Å². The normalized spacial score (nSPS) is 20.3. The minimum absolute atomic E-state index is 0.325. The number of H-pyrrole nitrogens is 1. The van der Waals surface area contributed by atoms with E-state index in [4.69, 9.17) is 4.74 Å². The highest BCUT2D eigenvalue weighted by molar-refractivity contribution is 5.27. The Kier molecular flexibility index (Phi) is 5.31. The second-order valence-corrected chi connectivity index (χ2v) is 6.35. The van der Waals surface area contributed by atoms with Crippen molar-refractivity contribution in [2.75, 3.05) is 26.2 Å². The van der Waals surface area contributed by atoms with Gasteiger partial charge in [0.2, 0.25) is 0 Å². The van der Waals surface area contributed by atoms with E-state index in [9.17, 15) is 5.11 Å². The molecule has 2 atom stereocenters. The Morgan fingerprint density at radius 2 is 2.39 bits per heavy atom. The lowest BCUT2D eigenvalue weighted by molar-refractivity contribution is 0.0578. The lowest BCUT2D eigenvalue weighted by Crippen LogP contribution is -2.41. The lowest BCUT2D eigenvalue weighted by atomic mass is 9.97. The third-order valence-electron chi connectivity index (χ3n) is 4.31. The van der Waals surface area contributed by atoms with Crippen LogP contribution >= 0.6 is 0 Å². The van der Waals surface area contributed by atoms with Crippen LogP contribution in [0.4, 0.5) is 0 Å². The zero-order chi connectivity index (χ0) is 16.1. The summed E-state index contributed by atoms with van der Waals surface area (Å²) in [6.07, 6.45) is 5.49. The van der Waals surface area contributed by atoms with Crippen LogP contribution < -0.4 is 4.74 Å². The number of β-amino-alcohol motifs (C(OH)–C–C–N with tert-alkyl or cyclic N) is 1. The molecule has 0 saturated carbocycles. The van der Waals surface area contributed by atoms with E-state index in [1.165, 1.54) is 0 Å².